The molecular weight excluding hydrogens is 306 g/mol. The Morgan fingerprint density at radius 1 is 1.04 bits per heavy atom. The van der Waals surface area contributed by atoms with E-state index in [9.17, 15) is 5.11 Å². The van der Waals surface area contributed by atoms with Gasteiger partial charge in [0.25, 0.3) is 0 Å². The molecule has 25 heavy (non-hydrogen) atoms. The molecule has 2 aromatic carbocycles. The molecule has 1 N–H and O–H groups in total. The van der Waals surface area contributed by atoms with Gasteiger partial charge in [-0.05, 0) is 42.7 Å². The smallest absolute Gasteiger partial charge is 0.125 e. The van der Waals surface area contributed by atoms with Gasteiger partial charge in [0.2, 0.25) is 0 Å². The lowest BCUT2D eigenvalue weighted by molar-refractivity contribution is 0.470. The molecule has 0 saturated heterocycles. The Morgan fingerprint density at radius 2 is 1.80 bits per heavy atom. The molecule has 0 aliphatic carbocycles. The molecule has 0 spiro atoms. The molecule has 126 valence electrons. The van der Waals surface area contributed by atoms with Crippen molar-refractivity contribution in [3.63, 3.8) is 0 Å². The number of allylic oxidation sites excluding steroid dienone is 1. The van der Waals surface area contributed by atoms with Crippen molar-refractivity contribution < 1.29 is 5.11 Å². The highest BCUT2D eigenvalue weighted by Gasteiger charge is 2.07. The number of phenolic OH excluding ortho intramolecular Hbond substituents is 1. The summed E-state index contributed by atoms with van der Waals surface area (Å²) in [5, 5.41) is 10.1. The van der Waals surface area contributed by atoms with Gasteiger partial charge in [0.05, 0.1) is 0 Å². The van der Waals surface area contributed by atoms with Crippen LogP contribution in [0.3, 0.4) is 0 Å². The Kier molecular flexibility index (Phi) is 4.90. The topological polar surface area (TPSA) is 25.2 Å². The number of phenols is 1. The summed E-state index contributed by atoms with van der Waals surface area (Å²) in [6.45, 7) is 8.98. The van der Waals surface area contributed by atoms with Crippen LogP contribution in [0.15, 0.2) is 73.4 Å². The van der Waals surface area contributed by atoms with Gasteiger partial charge in [0.1, 0.15) is 5.75 Å². The van der Waals surface area contributed by atoms with Gasteiger partial charge in [0, 0.05) is 24.0 Å². The molecule has 0 unspecified atom stereocenters. The Balaban J connectivity index is 1.78. The first-order valence-electron chi connectivity index (χ1n) is 8.43. The summed E-state index contributed by atoms with van der Waals surface area (Å²) in [5.41, 5.74) is 6.21. The second kappa shape index (κ2) is 7.27. The van der Waals surface area contributed by atoms with Crippen molar-refractivity contribution in [3.8, 4) is 5.75 Å². The molecule has 3 aromatic rings. The second-order valence-corrected chi connectivity index (χ2v) is 6.31. The predicted octanol–water partition coefficient (Wildman–Crippen LogP) is 5.59. The van der Waals surface area contributed by atoms with Crippen molar-refractivity contribution in [1.29, 1.82) is 0 Å². The molecule has 0 radical (unpaired) electrons. The molecule has 0 aliphatic rings. The Hall–Kier alpha value is -3.00. The van der Waals surface area contributed by atoms with Crippen molar-refractivity contribution >= 4 is 11.6 Å². The van der Waals surface area contributed by atoms with Gasteiger partial charge < -0.3 is 9.67 Å². The summed E-state index contributed by atoms with van der Waals surface area (Å²) in [4.78, 5) is 0. The number of aromatic nitrogens is 1. The lowest BCUT2D eigenvalue weighted by Crippen LogP contribution is -2.00. The van der Waals surface area contributed by atoms with Gasteiger partial charge in [-0.25, -0.2) is 0 Å². The van der Waals surface area contributed by atoms with Gasteiger partial charge in [-0.15, -0.1) is 0 Å². The van der Waals surface area contributed by atoms with E-state index in [4.69, 9.17) is 0 Å². The fourth-order valence-electron chi connectivity index (χ4n) is 2.86. The van der Waals surface area contributed by atoms with Crippen molar-refractivity contribution in [2.75, 3.05) is 0 Å². The normalized spacial score (nSPS) is 11.1. The van der Waals surface area contributed by atoms with Gasteiger partial charge >= 0.3 is 0 Å². The Labute approximate surface area is 149 Å². The van der Waals surface area contributed by atoms with Gasteiger partial charge in [-0.2, -0.15) is 0 Å². The van der Waals surface area contributed by atoms with E-state index in [0.717, 1.165) is 34.5 Å². The maximum absolute atomic E-state index is 10.1. The first-order valence-corrected chi connectivity index (χ1v) is 8.43. The fraction of sp³-hybridized carbons (Fsp3) is 0.130. The standard InChI is InChI=1S/C23H23NO/c1-17-11-13-20(14-12-17)19(3)22-10-6-16-24(22)15-5-9-21-8-4-7-18(2)23(21)25/h4-14,16,25H,3,15H2,1-2H3/b9-5+. The number of hydrogen-bond donors (Lipinski definition) is 1. The zero-order chi connectivity index (χ0) is 17.8. The quantitative estimate of drug-likeness (QED) is 0.649. The first-order chi connectivity index (χ1) is 12.1. The lowest BCUT2D eigenvalue weighted by Gasteiger charge is -2.10. The Morgan fingerprint density at radius 3 is 2.56 bits per heavy atom. The van der Waals surface area contributed by atoms with Gasteiger partial charge in [-0.3, -0.25) is 0 Å². The molecule has 1 aromatic heterocycles. The van der Waals surface area contributed by atoms with Crippen molar-refractivity contribution in [1.82, 2.24) is 4.57 Å². The largest absolute Gasteiger partial charge is 0.507 e. The monoisotopic (exact) mass is 329 g/mol. The van der Waals surface area contributed by atoms with Crippen LogP contribution in [0.1, 0.15) is 27.9 Å². The van der Waals surface area contributed by atoms with Crippen LogP contribution in [0.2, 0.25) is 0 Å². The lowest BCUT2D eigenvalue weighted by atomic mass is 10.0. The average Bonchev–Trinajstić information content (AvgIpc) is 3.07. The van der Waals surface area contributed by atoms with E-state index in [1.807, 2.05) is 37.3 Å². The maximum atomic E-state index is 10.1. The minimum absolute atomic E-state index is 0.343. The number of aryl methyl sites for hydroxylation is 2. The van der Waals surface area contributed by atoms with Crippen LogP contribution in [0.4, 0.5) is 0 Å². The summed E-state index contributed by atoms with van der Waals surface area (Å²) in [5.74, 6) is 0.343. The SMILES string of the molecule is C=C(c1ccc(C)cc1)c1cccn1C/C=C/c1cccc(C)c1O. The van der Waals surface area contributed by atoms with E-state index >= 15 is 0 Å². The Bertz CT molecular complexity index is 914. The van der Waals surface area contributed by atoms with Crippen LogP contribution < -0.4 is 0 Å². The molecule has 0 bridgehead atoms. The van der Waals surface area contributed by atoms with Crippen molar-refractivity contribution in [2.45, 2.75) is 20.4 Å². The third kappa shape index (κ3) is 3.74. The molecule has 1 heterocycles. The molecule has 0 atom stereocenters. The summed E-state index contributed by atoms with van der Waals surface area (Å²) in [6, 6.07) is 18.3. The van der Waals surface area contributed by atoms with E-state index < -0.39 is 0 Å². The fourth-order valence-corrected chi connectivity index (χ4v) is 2.86. The molecule has 2 nitrogen and oxygen atoms in total. The highest BCUT2D eigenvalue weighted by molar-refractivity contribution is 5.76. The van der Waals surface area contributed by atoms with Gasteiger partial charge in [-0.1, -0.05) is 66.8 Å². The van der Waals surface area contributed by atoms with Crippen molar-refractivity contribution in [2.24, 2.45) is 0 Å². The molecular formula is C23H23NO. The zero-order valence-corrected chi connectivity index (χ0v) is 14.7. The highest BCUT2D eigenvalue weighted by Crippen LogP contribution is 2.24. The summed E-state index contributed by atoms with van der Waals surface area (Å²) < 4.78 is 2.16. The van der Waals surface area contributed by atoms with Crippen LogP contribution in [0.5, 0.6) is 5.75 Å². The van der Waals surface area contributed by atoms with E-state index in [2.05, 4.69) is 60.7 Å². The summed E-state index contributed by atoms with van der Waals surface area (Å²) in [6.07, 6.45) is 6.07. The molecule has 0 amide bonds. The molecule has 0 fully saturated rings. The van der Waals surface area contributed by atoms with Gasteiger partial charge in [0.15, 0.2) is 0 Å². The summed E-state index contributed by atoms with van der Waals surface area (Å²) >= 11 is 0. The van der Waals surface area contributed by atoms with Crippen LogP contribution in [-0.4, -0.2) is 9.67 Å². The number of nitrogens with zero attached hydrogens (tertiary/aromatic N) is 1. The number of rotatable bonds is 5. The zero-order valence-electron chi connectivity index (χ0n) is 14.7. The maximum Gasteiger partial charge on any atom is 0.125 e. The molecule has 3 rings (SSSR count). The van der Waals surface area contributed by atoms with E-state index in [1.165, 1.54) is 5.56 Å². The molecule has 2 heteroatoms. The number of hydrogen-bond acceptors (Lipinski definition) is 1. The third-order valence-electron chi connectivity index (χ3n) is 4.41. The van der Waals surface area contributed by atoms with E-state index in [1.54, 1.807) is 0 Å². The van der Waals surface area contributed by atoms with Crippen LogP contribution in [0, 0.1) is 13.8 Å². The number of para-hydroxylation sites is 1. The highest BCUT2D eigenvalue weighted by atomic mass is 16.3. The molecule has 0 saturated carbocycles. The summed E-state index contributed by atoms with van der Waals surface area (Å²) in [7, 11) is 0. The minimum Gasteiger partial charge on any atom is -0.507 e. The van der Waals surface area contributed by atoms with E-state index in [-0.39, 0.29) is 0 Å². The third-order valence-corrected chi connectivity index (χ3v) is 4.41. The predicted molar refractivity (Wildman–Crippen MR) is 106 cm³/mol. The minimum atomic E-state index is 0.343. The number of benzene rings is 2. The van der Waals surface area contributed by atoms with Crippen LogP contribution in [0.25, 0.3) is 11.6 Å². The number of aromatic hydroxyl groups is 1. The average molecular weight is 329 g/mol. The second-order valence-electron chi connectivity index (χ2n) is 6.31. The van der Waals surface area contributed by atoms with E-state index in [0.29, 0.717) is 5.75 Å². The van der Waals surface area contributed by atoms with Crippen LogP contribution >= 0.6 is 0 Å². The molecule has 0 aliphatic heterocycles. The van der Waals surface area contributed by atoms with Crippen LogP contribution in [-0.2, 0) is 6.54 Å². The first kappa shape index (κ1) is 16.8. The van der Waals surface area contributed by atoms with Crippen molar-refractivity contribution in [3.05, 3.63) is 101 Å².